The second-order valence-corrected chi connectivity index (χ2v) is 8.99. The minimum Gasteiger partial charge on any atom is -0.495 e. The number of esters is 1. The highest BCUT2D eigenvalue weighted by molar-refractivity contribution is 7.92. The highest BCUT2D eigenvalue weighted by Gasteiger charge is 2.29. The van der Waals surface area contributed by atoms with Crippen molar-refractivity contribution in [1.29, 1.82) is 0 Å². The van der Waals surface area contributed by atoms with E-state index >= 15 is 0 Å². The number of hydrogen-bond acceptors (Lipinski definition) is 6. The number of ether oxygens (including phenoxy) is 2. The van der Waals surface area contributed by atoms with Gasteiger partial charge in [-0.05, 0) is 49.6 Å². The second-order valence-electron chi connectivity index (χ2n) is 7.13. The van der Waals surface area contributed by atoms with E-state index < -0.39 is 22.1 Å². The van der Waals surface area contributed by atoms with E-state index in [1.165, 1.54) is 37.5 Å². The van der Waals surface area contributed by atoms with Crippen LogP contribution in [-0.4, -0.2) is 39.9 Å². The van der Waals surface area contributed by atoms with E-state index in [0.29, 0.717) is 24.3 Å². The third kappa shape index (κ3) is 4.96. The topological polar surface area (TPSA) is 90.0 Å². The maximum atomic E-state index is 13.4. The van der Waals surface area contributed by atoms with Crippen LogP contribution in [-0.2, 0) is 19.6 Å². The van der Waals surface area contributed by atoms with Gasteiger partial charge in [-0.25, -0.2) is 13.2 Å². The summed E-state index contributed by atoms with van der Waals surface area (Å²) >= 11 is 0. The van der Waals surface area contributed by atoms with Gasteiger partial charge in [-0.3, -0.25) is 9.10 Å². The molecule has 8 heteroatoms. The number of carbonyl (C=O) groups is 2. The molecule has 0 spiro atoms. The molecular formula is C23H25NO6S. The van der Waals surface area contributed by atoms with Crippen LogP contribution in [0.3, 0.4) is 0 Å². The summed E-state index contributed by atoms with van der Waals surface area (Å²) in [4.78, 5) is 24.5. The summed E-state index contributed by atoms with van der Waals surface area (Å²) in [6, 6.07) is 12.3. The minimum atomic E-state index is -4.04. The van der Waals surface area contributed by atoms with Gasteiger partial charge in [0.1, 0.15) is 5.75 Å². The first-order valence-electron chi connectivity index (χ1n) is 9.99. The zero-order valence-corrected chi connectivity index (χ0v) is 18.1. The van der Waals surface area contributed by atoms with Crippen LogP contribution in [0.5, 0.6) is 5.75 Å². The van der Waals surface area contributed by atoms with Gasteiger partial charge < -0.3 is 9.47 Å². The largest absolute Gasteiger partial charge is 0.495 e. The molecule has 0 amide bonds. The molecule has 1 atom stereocenters. The first-order valence-corrected chi connectivity index (χ1v) is 11.4. The number of benzene rings is 2. The van der Waals surface area contributed by atoms with Crippen LogP contribution in [0, 0.1) is 0 Å². The van der Waals surface area contributed by atoms with E-state index in [0.717, 1.165) is 17.1 Å². The van der Waals surface area contributed by atoms with Gasteiger partial charge in [-0.1, -0.05) is 24.3 Å². The number of anilines is 1. The highest BCUT2D eigenvalue weighted by atomic mass is 32.2. The molecule has 7 nitrogen and oxygen atoms in total. The van der Waals surface area contributed by atoms with Gasteiger partial charge >= 0.3 is 5.97 Å². The maximum absolute atomic E-state index is 13.4. The van der Waals surface area contributed by atoms with Crippen LogP contribution in [0.25, 0.3) is 0 Å². The summed E-state index contributed by atoms with van der Waals surface area (Å²) in [5.74, 6) is -0.430. The van der Waals surface area contributed by atoms with Crippen molar-refractivity contribution in [3.8, 4) is 5.75 Å². The number of ketones is 1. The Kier molecular flexibility index (Phi) is 7.12. The molecule has 0 bridgehead atoms. The first kappa shape index (κ1) is 22.6. The zero-order chi connectivity index (χ0) is 22.4. The highest BCUT2D eigenvalue weighted by Crippen LogP contribution is 2.32. The lowest BCUT2D eigenvalue weighted by Crippen LogP contribution is -2.32. The van der Waals surface area contributed by atoms with Gasteiger partial charge in [0, 0.05) is 6.42 Å². The van der Waals surface area contributed by atoms with Gasteiger partial charge in [0.05, 0.1) is 29.8 Å². The third-order valence-corrected chi connectivity index (χ3v) is 6.83. The van der Waals surface area contributed by atoms with E-state index in [1.807, 2.05) is 0 Å². The monoisotopic (exact) mass is 443 g/mol. The Hall–Kier alpha value is -3.13. The molecular weight excluding hydrogens is 418 g/mol. The van der Waals surface area contributed by atoms with Crippen LogP contribution in [0.2, 0.25) is 0 Å². The third-order valence-electron chi connectivity index (χ3n) is 5.05. The van der Waals surface area contributed by atoms with Crippen LogP contribution in [0.1, 0.15) is 36.0 Å². The standard InChI is InChI=1S/C23H25NO6S/c1-3-15-24(19-11-4-6-13-21(19)29-2)31(27,28)18-10-8-9-17(16-18)23(26)30-22-14-7-5-12-20(22)25/h3-4,6,8-11,13,16,22H,1,5,7,12,14-15H2,2H3/t22-/m0/s1. The predicted molar refractivity (Wildman–Crippen MR) is 117 cm³/mol. The fourth-order valence-electron chi connectivity index (χ4n) is 3.46. The van der Waals surface area contributed by atoms with Crippen LogP contribution in [0.15, 0.2) is 66.1 Å². The number of nitrogens with zero attached hydrogens (tertiary/aromatic N) is 1. The quantitative estimate of drug-likeness (QED) is 0.456. The van der Waals surface area contributed by atoms with Crippen molar-refractivity contribution < 1.29 is 27.5 Å². The van der Waals surface area contributed by atoms with Crippen LogP contribution >= 0.6 is 0 Å². The second kappa shape index (κ2) is 9.78. The number of sulfonamides is 1. The van der Waals surface area contributed by atoms with Crippen molar-refractivity contribution >= 4 is 27.5 Å². The fraction of sp³-hybridized carbons (Fsp3) is 0.304. The van der Waals surface area contributed by atoms with Crippen molar-refractivity contribution in [3.63, 3.8) is 0 Å². The van der Waals surface area contributed by atoms with Crippen molar-refractivity contribution in [1.82, 2.24) is 0 Å². The molecule has 2 aromatic rings. The summed E-state index contributed by atoms with van der Waals surface area (Å²) in [7, 11) is -2.58. The number of para-hydroxylation sites is 2. The van der Waals surface area contributed by atoms with Crippen LogP contribution in [0.4, 0.5) is 5.69 Å². The molecule has 1 aliphatic rings. The summed E-state index contributed by atoms with van der Waals surface area (Å²) < 4.78 is 38.7. The van der Waals surface area contributed by atoms with Gasteiger partial charge in [-0.15, -0.1) is 6.58 Å². The van der Waals surface area contributed by atoms with Gasteiger partial charge in [-0.2, -0.15) is 0 Å². The number of rotatable bonds is 8. The summed E-state index contributed by atoms with van der Waals surface area (Å²) in [5, 5.41) is 0. The molecule has 164 valence electrons. The van der Waals surface area contributed by atoms with Crippen molar-refractivity contribution in [2.75, 3.05) is 18.0 Å². The Morgan fingerprint density at radius 1 is 1.19 bits per heavy atom. The SMILES string of the molecule is C=CCN(c1ccccc1OC)S(=O)(=O)c1cccc(C(=O)O[C@H]2CCCCC2=O)c1. The Labute approximate surface area is 182 Å². The normalized spacial score (nSPS) is 16.4. The smallest absolute Gasteiger partial charge is 0.338 e. The average Bonchev–Trinajstić information content (AvgIpc) is 2.79. The molecule has 0 aliphatic heterocycles. The molecule has 31 heavy (non-hydrogen) atoms. The molecule has 1 fully saturated rings. The van der Waals surface area contributed by atoms with E-state index in [1.54, 1.807) is 24.3 Å². The Morgan fingerprint density at radius 3 is 2.68 bits per heavy atom. The number of carbonyl (C=O) groups excluding carboxylic acids is 2. The number of hydrogen-bond donors (Lipinski definition) is 0. The molecule has 3 rings (SSSR count). The molecule has 0 unspecified atom stereocenters. The molecule has 0 aromatic heterocycles. The van der Waals surface area contributed by atoms with Crippen molar-refractivity contribution in [3.05, 3.63) is 66.7 Å². The van der Waals surface area contributed by atoms with Crippen LogP contribution < -0.4 is 9.04 Å². The Balaban J connectivity index is 1.92. The Bertz CT molecular complexity index is 1080. The fourth-order valence-corrected chi connectivity index (χ4v) is 4.95. The molecule has 2 aromatic carbocycles. The van der Waals surface area contributed by atoms with Gasteiger partial charge in [0.2, 0.25) is 0 Å². The Morgan fingerprint density at radius 2 is 1.97 bits per heavy atom. The molecule has 0 heterocycles. The lowest BCUT2D eigenvalue weighted by Gasteiger charge is -2.25. The van der Waals surface area contributed by atoms with E-state index in [-0.39, 0.29) is 22.8 Å². The minimum absolute atomic E-state index is 0.00789. The summed E-state index contributed by atoms with van der Waals surface area (Å²) in [6.07, 6.45) is 3.19. The summed E-state index contributed by atoms with van der Waals surface area (Å²) in [5.41, 5.74) is 0.420. The molecule has 1 aliphatic carbocycles. The molecule has 0 N–H and O–H groups in total. The lowest BCUT2D eigenvalue weighted by atomic mass is 9.96. The zero-order valence-electron chi connectivity index (χ0n) is 17.3. The number of methoxy groups -OCH3 is 1. The average molecular weight is 444 g/mol. The predicted octanol–water partition coefficient (Wildman–Crippen LogP) is 3.75. The molecule has 0 saturated heterocycles. The molecule has 0 radical (unpaired) electrons. The van der Waals surface area contributed by atoms with Crippen molar-refractivity contribution in [2.24, 2.45) is 0 Å². The van der Waals surface area contributed by atoms with Gasteiger partial charge in [0.25, 0.3) is 10.0 Å². The summed E-state index contributed by atoms with van der Waals surface area (Å²) in [6.45, 7) is 3.66. The molecule has 1 saturated carbocycles. The van der Waals surface area contributed by atoms with E-state index in [2.05, 4.69) is 6.58 Å². The first-order chi connectivity index (χ1) is 14.9. The van der Waals surface area contributed by atoms with Gasteiger partial charge in [0.15, 0.2) is 11.9 Å². The maximum Gasteiger partial charge on any atom is 0.338 e. The van der Waals surface area contributed by atoms with Crippen molar-refractivity contribution in [2.45, 2.75) is 36.7 Å². The lowest BCUT2D eigenvalue weighted by molar-refractivity contribution is -0.129. The van der Waals surface area contributed by atoms with E-state index in [9.17, 15) is 18.0 Å². The number of Topliss-reactive ketones (excluding diaryl/α,β-unsaturated/α-hetero) is 1. The van der Waals surface area contributed by atoms with E-state index in [4.69, 9.17) is 9.47 Å².